The summed E-state index contributed by atoms with van der Waals surface area (Å²) in [6, 6.07) is 5.04. The van der Waals surface area contributed by atoms with Crippen LogP contribution >= 0.6 is 0 Å². The van der Waals surface area contributed by atoms with Crippen LogP contribution in [0.15, 0.2) is 18.2 Å². The van der Waals surface area contributed by atoms with Crippen LogP contribution in [0.4, 0.5) is 0 Å². The first kappa shape index (κ1) is 17.3. The zero-order chi connectivity index (χ0) is 15.7. The molecule has 0 heterocycles. The Kier molecular flexibility index (Phi) is 7.56. The molecule has 1 amide bonds. The van der Waals surface area contributed by atoms with E-state index in [9.17, 15) is 4.79 Å². The lowest BCUT2D eigenvalue weighted by molar-refractivity contribution is 0.0656. The minimum atomic E-state index is -0.176. The second-order valence-corrected chi connectivity index (χ2v) is 4.31. The van der Waals surface area contributed by atoms with E-state index in [0.29, 0.717) is 36.8 Å². The van der Waals surface area contributed by atoms with Crippen molar-refractivity contribution >= 4 is 5.91 Å². The quantitative estimate of drug-likeness (QED) is 0.741. The summed E-state index contributed by atoms with van der Waals surface area (Å²) >= 11 is 0. The fourth-order valence-corrected chi connectivity index (χ4v) is 1.90. The highest BCUT2D eigenvalue weighted by Crippen LogP contribution is 2.28. The molecule has 0 bridgehead atoms. The molecule has 0 aliphatic rings. The zero-order valence-corrected chi connectivity index (χ0v) is 12.8. The number of methoxy groups -OCH3 is 2. The highest BCUT2D eigenvalue weighted by Gasteiger charge is 2.17. The maximum atomic E-state index is 12.5. The Morgan fingerprint density at radius 2 is 2.00 bits per heavy atom. The first-order valence-electron chi connectivity index (χ1n) is 6.87. The van der Waals surface area contributed by atoms with Gasteiger partial charge in [0, 0.05) is 25.8 Å². The Morgan fingerprint density at radius 3 is 2.57 bits per heavy atom. The molecule has 0 aliphatic heterocycles. The summed E-state index contributed by atoms with van der Waals surface area (Å²) in [7, 11) is 3.12. The third-order valence-corrected chi connectivity index (χ3v) is 2.93. The number of benzene rings is 1. The van der Waals surface area contributed by atoms with Crippen molar-refractivity contribution in [2.45, 2.75) is 6.92 Å². The molecule has 0 radical (unpaired) electrons. The molecule has 0 saturated heterocycles. The zero-order valence-electron chi connectivity index (χ0n) is 12.8. The van der Waals surface area contributed by atoms with Crippen molar-refractivity contribution in [2.75, 3.05) is 47.1 Å². The lowest BCUT2D eigenvalue weighted by atomic mass is 10.1. The topological polar surface area (TPSA) is 68.2 Å². The number of aliphatic hydroxyl groups is 1. The highest BCUT2D eigenvalue weighted by atomic mass is 16.5. The van der Waals surface area contributed by atoms with Crippen LogP contribution in [0.2, 0.25) is 0 Å². The van der Waals surface area contributed by atoms with E-state index in [-0.39, 0.29) is 19.1 Å². The average molecular weight is 297 g/mol. The van der Waals surface area contributed by atoms with Crippen LogP contribution in [-0.2, 0) is 4.74 Å². The Morgan fingerprint density at radius 1 is 1.24 bits per heavy atom. The van der Waals surface area contributed by atoms with Gasteiger partial charge in [0.15, 0.2) is 11.5 Å². The summed E-state index contributed by atoms with van der Waals surface area (Å²) in [4.78, 5) is 14.0. The van der Waals surface area contributed by atoms with Gasteiger partial charge in [0.25, 0.3) is 5.91 Å². The van der Waals surface area contributed by atoms with Crippen molar-refractivity contribution in [1.29, 1.82) is 0 Å². The summed E-state index contributed by atoms with van der Waals surface area (Å²) in [5.74, 6) is 0.935. The molecule has 0 aliphatic carbocycles. The first-order chi connectivity index (χ1) is 10.2. The summed E-state index contributed by atoms with van der Waals surface area (Å²) < 4.78 is 15.6. The normalized spacial score (nSPS) is 10.3. The number of nitrogens with zero attached hydrogens (tertiary/aromatic N) is 1. The number of aliphatic hydroxyl groups excluding tert-OH is 1. The van der Waals surface area contributed by atoms with E-state index in [1.54, 1.807) is 37.3 Å². The lowest BCUT2D eigenvalue weighted by Gasteiger charge is -2.22. The number of rotatable bonds is 9. The largest absolute Gasteiger partial charge is 0.493 e. The minimum Gasteiger partial charge on any atom is -0.493 e. The maximum Gasteiger partial charge on any atom is 0.254 e. The third kappa shape index (κ3) is 4.91. The standard InChI is InChI=1S/C15H23NO5/c1-4-21-14-11-12(5-6-13(14)20-3)15(18)16(7-9-17)8-10-19-2/h5-6,11,17H,4,7-10H2,1-3H3. The van der Waals surface area contributed by atoms with Crippen LogP contribution in [0.1, 0.15) is 17.3 Å². The number of carbonyl (C=O) groups excluding carboxylic acids is 1. The Hall–Kier alpha value is -1.79. The third-order valence-electron chi connectivity index (χ3n) is 2.93. The van der Waals surface area contributed by atoms with Crippen LogP contribution in [0.3, 0.4) is 0 Å². The van der Waals surface area contributed by atoms with Gasteiger partial charge in [-0.2, -0.15) is 0 Å². The average Bonchev–Trinajstić information content (AvgIpc) is 2.51. The SMILES string of the molecule is CCOc1cc(C(=O)N(CCO)CCOC)ccc1OC. The molecule has 0 atom stereocenters. The molecule has 1 rings (SSSR count). The number of hydrogen-bond acceptors (Lipinski definition) is 5. The fraction of sp³-hybridized carbons (Fsp3) is 0.533. The summed E-state index contributed by atoms with van der Waals surface area (Å²) in [5, 5.41) is 9.07. The Labute approximate surface area is 125 Å². The molecule has 0 spiro atoms. The minimum absolute atomic E-state index is 0.0933. The molecule has 0 saturated carbocycles. The summed E-state index contributed by atoms with van der Waals surface area (Å²) in [5.41, 5.74) is 0.490. The van der Waals surface area contributed by atoms with Crippen molar-refractivity contribution in [3.05, 3.63) is 23.8 Å². The highest BCUT2D eigenvalue weighted by molar-refractivity contribution is 5.95. The van der Waals surface area contributed by atoms with Gasteiger partial charge in [0.05, 0.1) is 26.9 Å². The molecule has 0 unspecified atom stereocenters. The number of ether oxygens (including phenoxy) is 3. The van der Waals surface area contributed by atoms with Crippen molar-refractivity contribution < 1.29 is 24.1 Å². The Bertz CT molecular complexity index is 450. The van der Waals surface area contributed by atoms with Gasteiger partial charge in [-0.05, 0) is 25.1 Å². The van der Waals surface area contributed by atoms with Gasteiger partial charge in [-0.3, -0.25) is 4.79 Å². The van der Waals surface area contributed by atoms with Gasteiger partial charge in [0.2, 0.25) is 0 Å². The molecular weight excluding hydrogens is 274 g/mol. The Balaban J connectivity index is 2.95. The number of carbonyl (C=O) groups is 1. The molecule has 21 heavy (non-hydrogen) atoms. The fourth-order valence-electron chi connectivity index (χ4n) is 1.90. The smallest absolute Gasteiger partial charge is 0.254 e. The molecule has 0 aromatic heterocycles. The molecule has 1 aromatic carbocycles. The molecule has 0 fully saturated rings. The van der Waals surface area contributed by atoms with Gasteiger partial charge in [-0.25, -0.2) is 0 Å². The monoisotopic (exact) mass is 297 g/mol. The van der Waals surface area contributed by atoms with Crippen molar-refractivity contribution in [3.63, 3.8) is 0 Å². The maximum absolute atomic E-state index is 12.5. The second-order valence-electron chi connectivity index (χ2n) is 4.31. The predicted octanol–water partition coefficient (Wildman–Crippen LogP) is 1.17. The van der Waals surface area contributed by atoms with Crippen LogP contribution in [0.5, 0.6) is 11.5 Å². The van der Waals surface area contributed by atoms with E-state index in [2.05, 4.69) is 0 Å². The predicted molar refractivity (Wildman–Crippen MR) is 79.0 cm³/mol. The number of amides is 1. The van der Waals surface area contributed by atoms with Gasteiger partial charge in [0.1, 0.15) is 0 Å². The molecule has 6 nitrogen and oxygen atoms in total. The van der Waals surface area contributed by atoms with Gasteiger partial charge >= 0.3 is 0 Å². The van der Waals surface area contributed by atoms with Crippen LogP contribution in [0, 0.1) is 0 Å². The van der Waals surface area contributed by atoms with E-state index in [1.807, 2.05) is 6.92 Å². The van der Waals surface area contributed by atoms with Gasteiger partial charge in [-0.1, -0.05) is 0 Å². The van der Waals surface area contributed by atoms with E-state index >= 15 is 0 Å². The van der Waals surface area contributed by atoms with Crippen molar-refractivity contribution in [1.82, 2.24) is 4.90 Å². The van der Waals surface area contributed by atoms with Crippen LogP contribution < -0.4 is 9.47 Å². The first-order valence-corrected chi connectivity index (χ1v) is 6.87. The summed E-state index contributed by atoms with van der Waals surface area (Å²) in [6.07, 6.45) is 0. The second kappa shape index (κ2) is 9.20. The van der Waals surface area contributed by atoms with Crippen LogP contribution in [-0.4, -0.2) is 63.0 Å². The van der Waals surface area contributed by atoms with E-state index in [1.165, 1.54) is 0 Å². The molecule has 6 heteroatoms. The molecule has 118 valence electrons. The molecular formula is C15H23NO5. The van der Waals surface area contributed by atoms with Crippen LogP contribution in [0.25, 0.3) is 0 Å². The van der Waals surface area contributed by atoms with Gasteiger partial charge < -0.3 is 24.2 Å². The summed E-state index contributed by atoms with van der Waals surface area (Å²) in [6.45, 7) is 3.36. The van der Waals surface area contributed by atoms with Gasteiger partial charge in [-0.15, -0.1) is 0 Å². The van der Waals surface area contributed by atoms with E-state index < -0.39 is 0 Å². The molecule has 1 N–H and O–H groups in total. The molecule has 1 aromatic rings. The van der Waals surface area contributed by atoms with E-state index in [4.69, 9.17) is 19.3 Å². The van der Waals surface area contributed by atoms with Crippen molar-refractivity contribution in [3.8, 4) is 11.5 Å². The lowest BCUT2D eigenvalue weighted by Crippen LogP contribution is -2.36. The van der Waals surface area contributed by atoms with E-state index in [0.717, 1.165) is 0 Å². The number of hydrogen-bond donors (Lipinski definition) is 1. The van der Waals surface area contributed by atoms with Crippen molar-refractivity contribution in [2.24, 2.45) is 0 Å².